The maximum Gasteiger partial charge on any atom is 0.251 e. The summed E-state index contributed by atoms with van der Waals surface area (Å²) >= 11 is 0. The van der Waals surface area contributed by atoms with Crippen molar-refractivity contribution in [3.63, 3.8) is 0 Å². The fourth-order valence-corrected chi connectivity index (χ4v) is 3.17. The van der Waals surface area contributed by atoms with Crippen molar-refractivity contribution in [1.82, 2.24) is 5.32 Å². The van der Waals surface area contributed by atoms with Gasteiger partial charge in [0.25, 0.3) is 5.91 Å². The van der Waals surface area contributed by atoms with Crippen LogP contribution in [0, 0.1) is 0 Å². The molecule has 3 aromatic rings. The number of amides is 1. The van der Waals surface area contributed by atoms with Crippen molar-refractivity contribution >= 4 is 5.91 Å². The second kappa shape index (κ2) is 10.9. The van der Waals surface area contributed by atoms with Crippen LogP contribution in [0.15, 0.2) is 66.7 Å². The molecule has 0 atom stereocenters. The van der Waals surface area contributed by atoms with Crippen LogP contribution in [0.3, 0.4) is 0 Å². The standard InChI is InChI=1S/C25H27NO5/c1-28-22-12-10-19(16-20(22)17-31-21-7-5-4-6-8-21)25(27)26-14-13-18-9-11-23(29-2)24(15-18)30-3/h4-12,15-16H,13-14,17H2,1-3H3,(H,26,27). The summed E-state index contributed by atoms with van der Waals surface area (Å²) in [6.45, 7) is 0.802. The van der Waals surface area contributed by atoms with Crippen LogP contribution in [-0.2, 0) is 13.0 Å². The Labute approximate surface area is 182 Å². The Kier molecular flexibility index (Phi) is 7.76. The third-order valence-electron chi connectivity index (χ3n) is 4.83. The Balaban J connectivity index is 1.61. The van der Waals surface area contributed by atoms with Crippen molar-refractivity contribution < 1.29 is 23.7 Å². The molecule has 0 heterocycles. The zero-order valence-electron chi connectivity index (χ0n) is 18.0. The van der Waals surface area contributed by atoms with E-state index in [0.717, 1.165) is 16.9 Å². The van der Waals surface area contributed by atoms with E-state index in [9.17, 15) is 4.79 Å². The first-order valence-corrected chi connectivity index (χ1v) is 9.98. The predicted octanol–water partition coefficient (Wildman–Crippen LogP) is 4.26. The summed E-state index contributed by atoms with van der Waals surface area (Å²) in [5, 5.41) is 2.96. The molecule has 0 unspecified atom stereocenters. The molecule has 3 aromatic carbocycles. The van der Waals surface area contributed by atoms with E-state index < -0.39 is 0 Å². The lowest BCUT2D eigenvalue weighted by atomic mass is 10.1. The van der Waals surface area contributed by atoms with Crippen molar-refractivity contribution in [3.8, 4) is 23.0 Å². The van der Waals surface area contributed by atoms with Crippen LogP contribution in [0.2, 0.25) is 0 Å². The van der Waals surface area contributed by atoms with Gasteiger partial charge in [-0.1, -0.05) is 24.3 Å². The SMILES string of the molecule is COc1ccc(C(=O)NCCc2ccc(OC)c(OC)c2)cc1COc1ccccc1. The van der Waals surface area contributed by atoms with Crippen LogP contribution in [0.25, 0.3) is 0 Å². The van der Waals surface area contributed by atoms with Gasteiger partial charge < -0.3 is 24.3 Å². The van der Waals surface area contributed by atoms with Crippen LogP contribution in [-0.4, -0.2) is 33.8 Å². The number of rotatable bonds is 10. The second-order valence-corrected chi connectivity index (χ2v) is 6.82. The van der Waals surface area contributed by atoms with Crippen molar-refractivity contribution in [2.45, 2.75) is 13.0 Å². The van der Waals surface area contributed by atoms with E-state index in [2.05, 4.69) is 5.32 Å². The summed E-state index contributed by atoms with van der Waals surface area (Å²) in [7, 11) is 4.81. The second-order valence-electron chi connectivity index (χ2n) is 6.82. The molecule has 0 spiro atoms. The topological polar surface area (TPSA) is 66.0 Å². The largest absolute Gasteiger partial charge is 0.496 e. The Morgan fingerprint density at radius 2 is 1.52 bits per heavy atom. The van der Waals surface area contributed by atoms with Crippen molar-refractivity contribution in [3.05, 3.63) is 83.4 Å². The van der Waals surface area contributed by atoms with Gasteiger partial charge in [0.2, 0.25) is 0 Å². The number of ether oxygens (including phenoxy) is 4. The van der Waals surface area contributed by atoms with Crippen LogP contribution in [0.4, 0.5) is 0 Å². The summed E-state index contributed by atoms with van der Waals surface area (Å²) < 4.78 is 21.8. The smallest absolute Gasteiger partial charge is 0.251 e. The molecule has 0 aliphatic rings. The van der Waals surface area contributed by atoms with E-state index in [1.165, 1.54) is 0 Å². The number of nitrogens with one attached hydrogen (secondary N) is 1. The molecule has 1 N–H and O–H groups in total. The molecular formula is C25H27NO5. The molecule has 0 fully saturated rings. The lowest BCUT2D eigenvalue weighted by molar-refractivity contribution is 0.0954. The van der Waals surface area contributed by atoms with Crippen molar-refractivity contribution in [2.24, 2.45) is 0 Å². The Morgan fingerprint density at radius 3 is 2.23 bits per heavy atom. The zero-order valence-corrected chi connectivity index (χ0v) is 18.0. The van der Waals surface area contributed by atoms with Gasteiger partial charge in [-0.15, -0.1) is 0 Å². The highest BCUT2D eigenvalue weighted by Gasteiger charge is 2.11. The van der Waals surface area contributed by atoms with E-state index in [0.29, 0.717) is 42.4 Å². The van der Waals surface area contributed by atoms with E-state index in [1.807, 2.05) is 48.5 Å². The van der Waals surface area contributed by atoms with Crippen LogP contribution in [0.5, 0.6) is 23.0 Å². The Morgan fingerprint density at radius 1 is 0.806 bits per heavy atom. The Bertz CT molecular complexity index is 1000. The van der Waals surface area contributed by atoms with Gasteiger partial charge in [0, 0.05) is 17.7 Å². The maximum absolute atomic E-state index is 12.6. The van der Waals surface area contributed by atoms with E-state index in [1.54, 1.807) is 39.5 Å². The average Bonchev–Trinajstić information content (AvgIpc) is 2.82. The number of hydrogen-bond donors (Lipinski definition) is 1. The molecule has 0 aliphatic heterocycles. The molecule has 3 rings (SSSR count). The van der Waals surface area contributed by atoms with E-state index in [4.69, 9.17) is 18.9 Å². The van der Waals surface area contributed by atoms with Crippen LogP contribution >= 0.6 is 0 Å². The van der Waals surface area contributed by atoms with Gasteiger partial charge in [0.15, 0.2) is 11.5 Å². The van der Waals surface area contributed by atoms with Crippen LogP contribution < -0.4 is 24.3 Å². The number of para-hydroxylation sites is 1. The molecule has 0 saturated heterocycles. The highest BCUT2D eigenvalue weighted by atomic mass is 16.5. The van der Waals surface area contributed by atoms with Gasteiger partial charge in [0.1, 0.15) is 18.1 Å². The third kappa shape index (κ3) is 5.92. The first-order valence-electron chi connectivity index (χ1n) is 9.98. The highest BCUT2D eigenvalue weighted by Crippen LogP contribution is 2.27. The predicted molar refractivity (Wildman–Crippen MR) is 119 cm³/mol. The molecule has 6 nitrogen and oxygen atoms in total. The molecule has 0 saturated carbocycles. The fraction of sp³-hybridized carbons (Fsp3) is 0.240. The number of carbonyl (C=O) groups is 1. The molecule has 0 bridgehead atoms. The summed E-state index contributed by atoms with van der Waals surface area (Å²) in [6, 6.07) is 20.6. The minimum absolute atomic E-state index is 0.149. The molecule has 31 heavy (non-hydrogen) atoms. The molecule has 0 aromatic heterocycles. The van der Waals surface area contributed by atoms with Gasteiger partial charge in [-0.05, 0) is 54.4 Å². The normalized spacial score (nSPS) is 10.3. The molecule has 0 radical (unpaired) electrons. The minimum atomic E-state index is -0.149. The monoisotopic (exact) mass is 421 g/mol. The average molecular weight is 421 g/mol. The Hall–Kier alpha value is -3.67. The number of benzene rings is 3. The summed E-state index contributed by atoms with van der Waals surface area (Å²) in [5.41, 5.74) is 2.41. The number of carbonyl (C=O) groups excluding carboxylic acids is 1. The molecular weight excluding hydrogens is 394 g/mol. The lowest BCUT2D eigenvalue weighted by Gasteiger charge is -2.13. The first kappa shape index (κ1) is 22.0. The van der Waals surface area contributed by atoms with E-state index in [-0.39, 0.29) is 5.91 Å². The van der Waals surface area contributed by atoms with Crippen molar-refractivity contribution in [2.75, 3.05) is 27.9 Å². The van der Waals surface area contributed by atoms with Gasteiger partial charge in [-0.3, -0.25) is 4.79 Å². The van der Waals surface area contributed by atoms with Gasteiger partial charge in [-0.25, -0.2) is 0 Å². The molecule has 6 heteroatoms. The van der Waals surface area contributed by atoms with Crippen molar-refractivity contribution in [1.29, 1.82) is 0 Å². The summed E-state index contributed by atoms with van der Waals surface area (Å²) in [5.74, 6) is 2.64. The number of hydrogen-bond acceptors (Lipinski definition) is 5. The van der Waals surface area contributed by atoms with E-state index >= 15 is 0 Å². The number of methoxy groups -OCH3 is 3. The third-order valence-corrected chi connectivity index (χ3v) is 4.83. The highest BCUT2D eigenvalue weighted by molar-refractivity contribution is 5.94. The first-order chi connectivity index (χ1) is 15.1. The maximum atomic E-state index is 12.6. The fourth-order valence-electron chi connectivity index (χ4n) is 3.17. The van der Waals surface area contributed by atoms with Crippen LogP contribution in [0.1, 0.15) is 21.5 Å². The minimum Gasteiger partial charge on any atom is -0.496 e. The summed E-state index contributed by atoms with van der Waals surface area (Å²) in [4.78, 5) is 12.6. The van der Waals surface area contributed by atoms with Gasteiger partial charge in [0.05, 0.1) is 21.3 Å². The van der Waals surface area contributed by atoms with Gasteiger partial charge >= 0.3 is 0 Å². The quantitative estimate of drug-likeness (QED) is 0.530. The zero-order chi connectivity index (χ0) is 22.1. The molecule has 0 aliphatic carbocycles. The molecule has 162 valence electrons. The molecule has 1 amide bonds. The lowest BCUT2D eigenvalue weighted by Crippen LogP contribution is -2.25. The summed E-state index contributed by atoms with van der Waals surface area (Å²) in [6.07, 6.45) is 0.673. The van der Waals surface area contributed by atoms with Gasteiger partial charge in [-0.2, -0.15) is 0 Å².